The zero-order chi connectivity index (χ0) is 11.1. The van der Waals surface area contributed by atoms with E-state index in [0.29, 0.717) is 25.3 Å². The minimum Gasteiger partial charge on any atom is -0.494 e. The Bertz CT molecular complexity index is 313. The lowest BCUT2D eigenvalue weighted by Gasteiger charge is -2.05. The molecule has 15 heavy (non-hydrogen) atoms. The fraction of sp³-hybridized carbons (Fsp3) is 0.300. The highest BCUT2D eigenvalue weighted by Gasteiger charge is 1.96. The Morgan fingerprint density at radius 1 is 1.40 bits per heavy atom. The van der Waals surface area contributed by atoms with Gasteiger partial charge in [0.25, 0.3) is 0 Å². The van der Waals surface area contributed by atoms with Crippen molar-refractivity contribution in [2.45, 2.75) is 6.42 Å². The Morgan fingerprint density at radius 2 is 2.07 bits per heavy atom. The second kappa shape index (κ2) is 5.85. The van der Waals surface area contributed by atoms with Crippen LogP contribution in [0.5, 0.6) is 5.75 Å². The molecule has 1 aromatic rings. The second-order valence-corrected chi connectivity index (χ2v) is 2.89. The van der Waals surface area contributed by atoms with Gasteiger partial charge in [-0.1, -0.05) is 0 Å². The molecule has 0 aliphatic rings. The number of halogens is 1. The zero-order valence-electron chi connectivity index (χ0n) is 8.07. The summed E-state index contributed by atoms with van der Waals surface area (Å²) in [7, 11) is 0. The Morgan fingerprint density at radius 3 is 2.67 bits per heavy atom. The first kappa shape index (κ1) is 11.3. The molecule has 1 aromatic carbocycles. The molecular weight excluding hydrogens is 201 g/mol. The number of hydrogen-bond acceptors (Lipinski definition) is 2. The lowest BCUT2D eigenvalue weighted by Crippen LogP contribution is -2.23. The standard InChI is InChI=1S/C10H12FNO3/c11-8-2-4-9(5-3-8)15-7-1-6-12-10(13)14/h2-5,12H,1,6-7H2,(H,13,14). The van der Waals surface area contributed by atoms with Crippen molar-refractivity contribution < 1.29 is 19.0 Å². The van der Waals surface area contributed by atoms with E-state index in [9.17, 15) is 9.18 Å². The molecule has 0 aliphatic carbocycles. The first-order valence-corrected chi connectivity index (χ1v) is 4.53. The van der Waals surface area contributed by atoms with Crippen molar-refractivity contribution in [3.8, 4) is 5.75 Å². The molecule has 0 heterocycles. The normalized spacial score (nSPS) is 9.67. The van der Waals surface area contributed by atoms with Gasteiger partial charge >= 0.3 is 6.09 Å². The van der Waals surface area contributed by atoms with Gasteiger partial charge in [0, 0.05) is 6.54 Å². The molecule has 0 fully saturated rings. The van der Waals surface area contributed by atoms with Gasteiger partial charge in [0.1, 0.15) is 11.6 Å². The lowest BCUT2D eigenvalue weighted by molar-refractivity contribution is 0.193. The second-order valence-electron chi connectivity index (χ2n) is 2.89. The van der Waals surface area contributed by atoms with E-state index >= 15 is 0 Å². The smallest absolute Gasteiger partial charge is 0.404 e. The third kappa shape index (κ3) is 4.85. The summed E-state index contributed by atoms with van der Waals surface area (Å²) >= 11 is 0. The molecular formula is C10H12FNO3. The van der Waals surface area contributed by atoms with Crippen molar-refractivity contribution >= 4 is 6.09 Å². The Kier molecular flexibility index (Phi) is 4.40. The molecule has 0 spiro atoms. The number of carboxylic acid groups (broad SMARTS) is 1. The zero-order valence-corrected chi connectivity index (χ0v) is 8.07. The van der Waals surface area contributed by atoms with E-state index in [4.69, 9.17) is 9.84 Å². The number of hydrogen-bond donors (Lipinski definition) is 2. The summed E-state index contributed by atoms with van der Waals surface area (Å²) < 4.78 is 17.7. The molecule has 0 bridgehead atoms. The van der Waals surface area contributed by atoms with Crippen LogP contribution in [-0.2, 0) is 0 Å². The van der Waals surface area contributed by atoms with Crippen LogP contribution in [0.1, 0.15) is 6.42 Å². The van der Waals surface area contributed by atoms with Gasteiger partial charge in [-0.2, -0.15) is 0 Å². The van der Waals surface area contributed by atoms with Crippen molar-refractivity contribution in [3.05, 3.63) is 30.1 Å². The molecule has 0 aromatic heterocycles. The van der Waals surface area contributed by atoms with E-state index in [2.05, 4.69) is 5.32 Å². The summed E-state index contributed by atoms with van der Waals surface area (Å²) in [6.07, 6.45) is -0.472. The highest BCUT2D eigenvalue weighted by molar-refractivity contribution is 5.64. The van der Waals surface area contributed by atoms with Crippen molar-refractivity contribution in [3.63, 3.8) is 0 Å². The van der Waals surface area contributed by atoms with Gasteiger partial charge < -0.3 is 15.2 Å². The summed E-state index contributed by atoms with van der Waals surface area (Å²) in [5.41, 5.74) is 0. The highest BCUT2D eigenvalue weighted by atomic mass is 19.1. The minimum absolute atomic E-state index is 0.310. The number of carbonyl (C=O) groups is 1. The van der Waals surface area contributed by atoms with Gasteiger partial charge in [-0.3, -0.25) is 0 Å². The molecule has 0 saturated heterocycles. The molecule has 0 aliphatic heterocycles. The summed E-state index contributed by atoms with van der Waals surface area (Å²) in [6.45, 7) is 0.739. The molecule has 0 saturated carbocycles. The summed E-state index contributed by atoms with van der Waals surface area (Å²) in [5, 5.41) is 10.5. The molecule has 82 valence electrons. The third-order valence-corrected chi connectivity index (χ3v) is 1.68. The fourth-order valence-corrected chi connectivity index (χ4v) is 0.988. The molecule has 0 atom stereocenters. The molecule has 5 heteroatoms. The molecule has 1 amide bonds. The minimum atomic E-state index is -1.04. The van der Waals surface area contributed by atoms with Crippen LogP contribution in [0.4, 0.5) is 9.18 Å². The number of rotatable bonds is 5. The van der Waals surface area contributed by atoms with Crippen molar-refractivity contribution in [2.24, 2.45) is 0 Å². The van der Waals surface area contributed by atoms with E-state index in [1.807, 2.05) is 0 Å². The average molecular weight is 213 g/mol. The van der Waals surface area contributed by atoms with E-state index in [-0.39, 0.29) is 5.82 Å². The van der Waals surface area contributed by atoms with Crippen LogP contribution in [0.2, 0.25) is 0 Å². The third-order valence-electron chi connectivity index (χ3n) is 1.68. The van der Waals surface area contributed by atoms with Crippen LogP contribution in [0.25, 0.3) is 0 Å². The lowest BCUT2D eigenvalue weighted by atomic mass is 10.3. The van der Waals surface area contributed by atoms with Crippen molar-refractivity contribution in [2.75, 3.05) is 13.2 Å². The van der Waals surface area contributed by atoms with Crippen molar-refractivity contribution in [1.82, 2.24) is 5.32 Å². The van der Waals surface area contributed by atoms with Crippen LogP contribution in [0, 0.1) is 5.82 Å². The maximum absolute atomic E-state index is 12.5. The Balaban J connectivity index is 2.15. The van der Waals surface area contributed by atoms with Crippen LogP contribution in [0.3, 0.4) is 0 Å². The topological polar surface area (TPSA) is 58.6 Å². The number of benzene rings is 1. The molecule has 4 nitrogen and oxygen atoms in total. The predicted molar refractivity (Wildman–Crippen MR) is 52.5 cm³/mol. The van der Waals surface area contributed by atoms with Crippen LogP contribution >= 0.6 is 0 Å². The SMILES string of the molecule is O=C(O)NCCCOc1ccc(F)cc1. The molecule has 1 rings (SSSR count). The monoisotopic (exact) mass is 213 g/mol. The maximum Gasteiger partial charge on any atom is 0.404 e. The summed E-state index contributed by atoms with van der Waals surface area (Å²) in [4.78, 5) is 10.1. The van der Waals surface area contributed by atoms with Crippen molar-refractivity contribution in [1.29, 1.82) is 0 Å². The molecule has 0 radical (unpaired) electrons. The van der Waals surface area contributed by atoms with Gasteiger partial charge in [-0.25, -0.2) is 9.18 Å². The number of nitrogens with one attached hydrogen (secondary N) is 1. The highest BCUT2D eigenvalue weighted by Crippen LogP contribution is 2.10. The average Bonchev–Trinajstić information content (AvgIpc) is 2.20. The van der Waals surface area contributed by atoms with Crippen LogP contribution in [-0.4, -0.2) is 24.4 Å². The molecule has 0 unspecified atom stereocenters. The fourth-order valence-electron chi connectivity index (χ4n) is 0.988. The Labute approximate surface area is 86.7 Å². The summed E-state index contributed by atoms with van der Waals surface area (Å²) in [5.74, 6) is 0.265. The van der Waals surface area contributed by atoms with Gasteiger partial charge in [-0.05, 0) is 30.7 Å². The van der Waals surface area contributed by atoms with Gasteiger partial charge in [-0.15, -0.1) is 0 Å². The van der Waals surface area contributed by atoms with E-state index in [1.165, 1.54) is 24.3 Å². The van der Waals surface area contributed by atoms with E-state index < -0.39 is 6.09 Å². The number of amides is 1. The molecule has 2 N–H and O–H groups in total. The van der Waals surface area contributed by atoms with Gasteiger partial charge in [0.2, 0.25) is 0 Å². The maximum atomic E-state index is 12.5. The van der Waals surface area contributed by atoms with Crippen LogP contribution in [0.15, 0.2) is 24.3 Å². The first-order valence-electron chi connectivity index (χ1n) is 4.53. The van der Waals surface area contributed by atoms with Crippen LogP contribution < -0.4 is 10.1 Å². The predicted octanol–water partition coefficient (Wildman–Crippen LogP) is 1.86. The quantitative estimate of drug-likeness (QED) is 0.734. The van der Waals surface area contributed by atoms with E-state index in [0.717, 1.165) is 0 Å². The Hall–Kier alpha value is -1.78. The van der Waals surface area contributed by atoms with Gasteiger partial charge in [0.15, 0.2) is 0 Å². The first-order chi connectivity index (χ1) is 7.18. The largest absolute Gasteiger partial charge is 0.494 e. The number of ether oxygens (including phenoxy) is 1. The van der Waals surface area contributed by atoms with Gasteiger partial charge in [0.05, 0.1) is 6.61 Å². The summed E-state index contributed by atoms with van der Waals surface area (Å²) in [6, 6.07) is 5.68. The van der Waals surface area contributed by atoms with E-state index in [1.54, 1.807) is 0 Å².